The first-order valence-corrected chi connectivity index (χ1v) is 5.27. The monoisotopic (exact) mass is 242 g/mol. The molecule has 90 valence electrons. The van der Waals surface area contributed by atoms with Crippen LogP contribution in [-0.2, 0) is 4.79 Å². The van der Waals surface area contributed by atoms with Gasteiger partial charge in [0.05, 0.1) is 10.9 Å². The lowest BCUT2D eigenvalue weighted by Gasteiger charge is -1.98. The van der Waals surface area contributed by atoms with Crippen molar-refractivity contribution in [3.05, 3.63) is 39.9 Å². The minimum Gasteiger partial charge on any atom is -0.481 e. The summed E-state index contributed by atoms with van der Waals surface area (Å²) in [4.78, 5) is 28.8. The van der Waals surface area contributed by atoms with Crippen LogP contribution >= 0.6 is 0 Å². The van der Waals surface area contributed by atoms with E-state index in [1.807, 2.05) is 0 Å². The first-order chi connectivity index (χ1) is 8.56. The molecule has 0 spiro atoms. The van der Waals surface area contributed by atoms with Crippen molar-refractivity contribution < 1.29 is 9.90 Å². The van der Waals surface area contributed by atoms with E-state index in [-0.39, 0.29) is 12.0 Å². The number of carboxylic acids is 1. The second-order valence-electron chi connectivity index (χ2n) is 3.76. The molecule has 5 heteroatoms. The maximum Gasteiger partial charge on any atom is 0.315 e. The van der Waals surface area contributed by atoms with Gasteiger partial charge in [-0.25, -0.2) is 4.98 Å². The number of benzene rings is 1. The topological polar surface area (TPSA) is 83.0 Å². The summed E-state index contributed by atoms with van der Waals surface area (Å²) in [6, 6.07) is 5.01. The van der Waals surface area contributed by atoms with Crippen LogP contribution in [0.5, 0.6) is 0 Å². The third-order valence-electron chi connectivity index (χ3n) is 2.30. The van der Waals surface area contributed by atoms with Crippen LogP contribution in [0.4, 0.5) is 0 Å². The molecule has 0 bridgehead atoms. The second-order valence-corrected chi connectivity index (χ2v) is 3.76. The van der Waals surface area contributed by atoms with E-state index in [2.05, 4.69) is 21.8 Å². The van der Waals surface area contributed by atoms with Crippen LogP contribution in [-0.4, -0.2) is 21.0 Å². The lowest BCUT2D eigenvalue weighted by molar-refractivity contribution is -0.135. The zero-order valence-corrected chi connectivity index (χ0v) is 9.65. The van der Waals surface area contributed by atoms with E-state index >= 15 is 0 Å². The van der Waals surface area contributed by atoms with Crippen LogP contribution in [0.15, 0.2) is 23.0 Å². The van der Waals surface area contributed by atoms with Crippen molar-refractivity contribution in [2.45, 2.75) is 13.3 Å². The highest BCUT2D eigenvalue weighted by atomic mass is 16.4. The van der Waals surface area contributed by atoms with E-state index < -0.39 is 5.97 Å². The molecule has 2 N–H and O–H groups in total. The van der Waals surface area contributed by atoms with Gasteiger partial charge in [-0.15, -0.1) is 0 Å². The number of nitrogens with one attached hydrogen (secondary N) is 1. The number of hydrogen-bond donors (Lipinski definition) is 2. The molecule has 1 heterocycles. The first kappa shape index (κ1) is 11.9. The number of hydrogen-bond acceptors (Lipinski definition) is 3. The number of fused-ring (bicyclic) bond motifs is 1. The van der Waals surface area contributed by atoms with Gasteiger partial charge in [0.15, 0.2) is 0 Å². The normalized spacial score (nSPS) is 9.83. The smallest absolute Gasteiger partial charge is 0.315 e. The van der Waals surface area contributed by atoms with Gasteiger partial charge in [0.25, 0.3) is 5.56 Å². The van der Waals surface area contributed by atoms with Crippen LogP contribution in [0.2, 0.25) is 0 Å². The Bertz CT molecular complexity index is 735. The molecule has 1 aromatic carbocycles. The van der Waals surface area contributed by atoms with E-state index in [4.69, 9.17) is 5.11 Å². The SMILES string of the molecule is Cc1nc2ccc(C#CCC(=O)O)cc2c(=O)[nH]1. The van der Waals surface area contributed by atoms with Gasteiger partial charge < -0.3 is 10.1 Å². The molecule has 0 amide bonds. The van der Waals surface area contributed by atoms with Crippen LogP contribution < -0.4 is 5.56 Å². The van der Waals surface area contributed by atoms with Crippen molar-refractivity contribution >= 4 is 16.9 Å². The quantitative estimate of drug-likeness (QED) is 0.732. The Balaban J connectivity index is 2.47. The van der Waals surface area contributed by atoms with Crippen LogP contribution in [0.3, 0.4) is 0 Å². The Hall–Kier alpha value is -2.61. The number of nitrogens with zero attached hydrogens (tertiary/aromatic N) is 1. The van der Waals surface area contributed by atoms with Crippen molar-refractivity contribution in [1.82, 2.24) is 9.97 Å². The summed E-state index contributed by atoms with van der Waals surface area (Å²) in [5, 5.41) is 8.92. The molecule has 0 aliphatic heterocycles. The molecule has 0 aliphatic carbocycles. The summed E-state index contributed by atoms with van der Waals surface area (Å²) in [7, 11) is 0. The van der Waals surface area contributed by atoms with E-state index in [1.54, 1.807) is 25.1 Å². The molecule has 1 aromatic heterocycles. The van der Waals surface area contributed by atoms with E-state index in [9.17, 15) is 9.59 Å². The predicted octanol–water partition coefficient (Wildman–Crippen LogP) is 1.06. The van der Waals surface area contributed by atoms with Gasteiger partial charge in [-0.05, 0) is 25.1 Å². The molecule has 0 unspecified atom stereocenters. The Morgan fingerprint density at radius 2 is 2.28 bits per heavy atom. The Labute approximate surface area is 102 Å². The number of aromatic nitrogens is 2. The van der Waals surface area contributed by atoms with Gasteiger partial charge in [0, 0.05) is 5.56 Å². The Kier molecular flexibility index (Phi) is 3.11. The van der Waals surface area contributed by atoms with Crippen molar-refractivity contribution in [3.63, 3.8) is 0 Å². The Morgan fingerprint density at radius 1 is 1.50 bits per heavy atom. The molecule has 2 aromatic rings. The fourth-order valence-electron chi connectivity index (χ4n) is 1.56. The maximum atomic E-state index is 11.7. The second kappa shape index (κ2) is 4.72. The molecule has 0 aliphatic rings. The largest absolute Gasteiger partial charge is 0.481 e. The number of carbonyl (C=O) groups is 1. The zero-order chi connectivity index (χ0) is 13.1. The summed E-state index contributed by atoms with van der Waals surface area (Å²) < 4.78 is 0. The molecule has 0 atom stereocenters. The van der Waals surface area contributed by atoms with Crippen LogP contribution in [0, 0.1) is 18.8 Å². The Morgan fingerprint density at radius 3 is 3.00 bits per heavy atom. The fourth-order valence-corrected chi connectivity index (χ4v) is 1.56. The summed E-state index contributed by atoms with van der Waals surface area (Å²) >= 11 is 0. The third kappa shape index (κ3) is 2.55. The molecule has 0 saturated carbocycles. The standard InChI is InChI=1S/C13H10N2O3/c1-8-14-11-6-5-9(3-2-4-12(16)17)7-10(11)13(18)15-8/h5-7H,4H2,1H3,(H,16,17)(H,14,15,18). The highest BCUT2D eigenvalue weighted by molar-refractivity contribution is 5.79. The van der Waals surface area contributed by atoms with Gasteiger partial charge in [0.1, 0.15) is 12.2 Å². The molecule has 0 saturated heterocycles. The molecule has 2 rings (SSSR count). The zero-order valence-electron chi connectivity index (χ0n) is 9.65. The first-order valence-electron chi connectivity index (χ1n) is 5.27. The molecular formula is C13H10N2O3. The van der Waals surface area contributed by atoms with Crippen molar-refractivity contribution in [3.8, 4) is 11.8 Å². The van der Waals surface area contributed by atoms with Gasteiger partial charge in [0.2, 0.25) is 0 Å². The third-order valence-corrected chi connectivity index (χ3v) is 2.30. The molecule has 5 nitrogen and oxygen atoms in total. The van der Waals surface area contributed by atoms with Crippen molar-refractivity contribution in [2.24, 2.45) is 0 Å². The summed E-state index contributed by atoms with van der Waals surface area (Å²) in [6.45, 7) is 1.71. The van der Waals surface area contributed by atoms with E-state index in [0.717, 1.165) is 0 Å². The molecular weight excluding hydrogens is 232 g/mol. The average molecular weight is 242 g/mol. The minimum atomic E-state index is -0.974. The van der Waals surface area contributed by atoms with Crippen molar-refractivity contribution in [2.75, 3.05) is 0 Å². The highest BCUT2D eigenvalue weighted by Gasteiger charge is 2.01. The average Bonchev–Trinajstić information content (AvgIpc) is 2.29. The predicted molar refractivity (Wildman–Crippen MR) is 66.2 cm³/mol. The number of aliphatic carboxylic acids is 1. The fraction of sp³-hybridized carbons (Fsp3) is 0.154. The van der Waals surface area contributed by atoms with E-state index in [0.29, 0.717) is 22.3 Å². The maximum absolute atomic E-state index is 11.7. The van der Waals surface area contributed by atoms with Crippen molar-refractivity contribution in [1.29, 1.82) is 0 Å². The number of rotatable bonds is 1. The minimum absolute atomic E-state index is 0.222. The lowest BCUT2D eigenvalue weighted by Crippen LogP contribution is -2.09. The number of H-pyrrole nitrogens is 1. The van der Waals surface area contributed by atoms with Gasteiger partial charge in [-0.2, -0.15) is 0 Å². The van der Waals surface area contributed by atoms with Gasteiger partial charge in [-0.1, -0.05) is 11.8 Å². The highest BCUT2D eigenvalue weighted by Crippen LogP contribution is 2.09. The van der Waals surface area contributed by atoms with E-state index in [1.165, 1.54) is 0 Å². The number of aryl methyl sites for hydroxylation is 1. The van der Waals surface area contributed by atoms with Crippen LogP contribution in [0.25, 0.3) is 10.9 Å². The molecule has 0 fully saturated rings. The van der Waals surface area contributed by atoms with Crippen LogP contribution in [0.1, 0.15) is 17.8 Å². The lowest BCUT2D eigenvalue weighted by atomic mass is 10.1. The van der Waals surface area contributed by atoms with Gasteiger partial charge >= 0.3 is 5.97 Å². The molecule has 0 radical (unpaired) electrons. The molecule has 18 heavy (non-hydrogen) atoms. The summed E-state index contributed by atoms with van der Waals surface area (Å²) in [5.41, 5.74) is 0.972. The number of aromatic amines is 1. The van der Waals surface area contributed by atoms with Gasteiger partial charge in [-0.3, -0.25) is 9.59 Å². The number of carboxylic acid groups (broad SMARTS) is 1. The summed E-state index contributed by atoms with van der Waals surface area (Å²) in [6.07, 6.45) is -0.222. The summed E-state index contributed by atoms with van der Waals surface area (Å²) in [5.74, 6) is 4.79.